The molecule has 3 rings (SSSR count). The second-order valence-corrected chi connectivity index (χ2v) is 6.97. The Hall–Kier alpha value is -2.87. The molecule has 2 aromatic rings. The van der Waals surface area contributed by atoms with Crippen LogP contribution < -0.4 is 10.2 Å². The maximum atomic E-state index is 12.2. The van der Waals surface area contributed by atoms with E-state index in [-0.39, 0.29) is 25.0 Å². The van der Waals surface area contributed by atoms with Gasteiger partial charge in [0.1, 0.15) is 6.54 Å². The zero-order chi connectivity index (χ0) is 19.1. The molecule has 1 N–H and O–H groups in total. The topological polar surface area (TPSA) is 78.9 Å². The van der Waals surface area contributed by atoms with E-state index in [9.17, 15) is 14.4 Å². The minimum absolute atomic E-state index is 0.222. The number of anilines is 1. The van der Waals surface area contributed by atoms with E-state index in [1.807, 2.05) is 30.3 Å². The Morgan fingerprint density at radius 2 is 1.74 bits per heavy atom. The molecule has 2 amide bonds. The van der Waals surface area contributed by atoms with Crippen LogP contribution in [0.3, 0.4) is 0 Å². The van der Waals surface area contributed by atoms with Gasteiger partial charge in [0.05, 0.1) is 4.88 Å². The molecule has 1 aliphatic heterocycles. The van der Waals surface area contributed by atoms with Gasteiger partial charge in [-0.2, -0.15) is 0 Å². The van der Waals surface area contributed by atoms with Crippen molar-refractivity contribution < 1.29 is 19.1 Å². The Labute approximate surface area is 161 Å². The summed E-state index contributed by atoms with van der Waals surface area (Å²) >= 11 is 1.29. The van der Waals surface area contributed by atoms with Crippen LogP contribution in [0, 0.1) is 0 Å². The molecule has 0 radical (unpaired) electrons. The zero-order valence-electron chi connectivity index (χ0n) is 14.8. The number of ether oxygens (including phenoxy) is 1. The minimum Gasteiger partial charge on any atom is -0.454 e. The van der Waals surface area contributed by atoms with Crippen molar-refractivity contribution in [2.45, 2.75) is 0 Å². The van der Waals surface area contributed by atoms with Gasteiger partial charge >= 0.3 is 5.97 Å². The van der Waals surface area contributed by atoms with E-state index < -0.39 is 5.97 Å². The zero-order valence-corrected chi connectivity index (χ0v) is 15.6. The van der Waals surface area contributed by atoms with E-state index in [2.05, 4.69) is 10.2 Å². The third kappa shape index (κ3) is 5.30. The largest absolute Gasteiger partial charge is 0.454 e. The third-order valence-electron chi connectivity index (χ3n) is 4.25. The van der Waals surface area contributed by atoms with Crippen molar-refractivity contribution in [3.63, 3.8) is 0 Å². The van der Waals surface area contributed by atoms with Gasteiger partial charge in [-0.15, -0.1) is 11.3 Å². The number of rotatable bonds is 6. The van der Waals surface area contributed by atoms with E-state index in [0.717, 1.165) is 18.8 Å². The second kappa shape index (κ2) is 9.18. The van der Waals surface area contributed by atoms with E-state index in [0.29, 0.717) is 18.0 Å². The standard InChI is InChI=1S/C19H21N3O4S/c23-17(14-26-18(24)13-20-19(25)16-7-4-12-27-16)22-10-8-21(9-11-22)15-5-2-1-3-6-15/h1-7,12H,8-11,13-14H2,(H,20,25). The fourth-order valence-electron chi connectivity index (χ4n) is 2.78. The second-order valence-electron chi connectivity index (χ2n) is 6.02. The number of nitrogens with zero attached hydrogens (tertiary/aromatic N) is 2. The Balaban J connectivity index is 1.36. The lowest BCUT2D eigenvalue weighted by molar-refractivity contribution is -0.151. The molecule has 2 heterocycles. The number of hydrogen-bond acceptors (Lipinski definition) is 6. The van der Waals surface area contributed by atoms with E-state index >= 15 is 0 Å². The first kappa shape index (κ1) is 18.9. The van der Waals surface area contributed by atoms with Crippen LogP contribution in [-0.4, -0.2) is 62.0 Å². The van der Waals surface area contributed by atoms with Crippen LogP contribution in [-0.2, 0) is 14.3 Å². The summed E-state index contributed by atoms with van der Waals surface area (Å²) in [4.78, 5) is 40.1. The highest BCUT2D eigenvalue weighted by Crippen LogP contribution is 2.15. The summed E-state index contributed by atoms with van der Waals surface area (Å²) in [6.07, 6.45) is 0. The van der Waals surface area contributed by atoms with Crippen molar-refractivity contribution in [2.75, 3.05) is 44.2 Å². The molecule has 8 heteroatoms. The summed E-state index contributed by atoms with van der Waals surface area (Å²) < 4.78 is 4.98. The smallest absolute Gasteiger partial charge is 0.325 e. The van der Waals surface area contributed by atoms with Crippen LogP contribution in [0.1, 0.15) is 9.67 Å². The van der Waals surface area contributed by atoms with Gasteiger partial charge in [-0.05, 0) is 23.6 Å². The first-order valence-electron chi connectivity index (χ1n) is 8.68. The number of hydrogen-bond donors (Lipinski definition) is 1. The maximum Gasteiger partial charge on any atom is 0.325 e. The van der Waals surface area contributed by atoms with Gasteiger partial charge in [-0.1, -0.05) is 24.3 Å². The van der Waals surface area contributed by atoms with Crippen molar-refractivity contribution >= 4 is 34.8 Å². The summed E-state index contributed by atoms with van der Waals surface area (Å²) in [5.41, 5.74) is 1.14. The molecule has 27 heavy (non-hydrogen) atoms. The predicted molar refractivity (Wildman–Crippen MR) is 103 cm³/mol. The molecular formula is C19H21N3O4S. The van der Waals surface area contributed by atoms with Crippen LogP contribution in [0.5, 0.6) is 0 Å². The molecule has 7 nitrogen and oxygen atoms in total. The fourth-order valence-corrected chi connectivity index (χ4v) is 3.42. The Bertz CT molecular complexity index is 772. The van der Waals surface area contributed by atoms with Crippen molar-refractivity contribution in [1.82, 2.24) is 10.2 Å². The van der Waals surface area contributed by atoms with Gasteiger partial charge in [0.25, 0.3) is 11.8 Å². The predicted octanol–water partition coefficient (Wildman–Crippen LogP) is 1.37. The molecule has 0 aliphatic carbocycles. The van der Waals surface area contributed by atoms with Crippen LogP contribution in [0.15, 0.2) is 47.8 Å². The van der Waals surface area contributed by atoms with Gasteiger partial charge in [0, 0.05) is 31.9 Å². The number of thiophene rings is 1. The Kier molecular flexibility index (Phi) is 6.43. The number of amides is 2. The molecule has 1 aromatic carbocycles. The molecule has 0 saturated carbocycles. The van der Waals surface area contributed by atoms with Gasteiger partial charge in [0.15, 0.2) is 6.61 Å². The van der Waals surface area contributed by atoms with Crippen LogP contribution in [0.4, 0.5) is 5.69 Å². The van der Waals surface area contributed by atoms with Gasteiger partial charge < -0.3 is 19.9 Å². The van der Waals surface area contributed by atoms with Crippen molar-refractivity contribution in [3.05, 3.63) is 52.7 Å². The number of carbonyl (C=O) groups excluding carboxylic acids is 3. The number of para-hydroxylation sites is 1. The lowest BCUT2D eigenvalue weighted by Crippen LogP contribution is -2.50. The summed E-state index contributed by atoms with van der Waals surface area (Å²) in [6, 6.07) is 13.5. The van der Waals surface area contributed by atoms with Crippen molar-refractivity contribution in [1.29, 1.82) is 0 Å². The quantitative estimate of drug-likeness (QED) is 0.758. The maximum absolute atomic E-state index is 12.2. The average Bonchev–Trinajstić information content (AvgIpc) is 3.26. The molecular weight excluding hydrogens is 366 g/mol. The average molecular weight is 387 g/mol. The molecule has 1 saturated heterocycles. The highest BCUT2D eigenvalue weighted by atomic mass is 32.1. The molecule has 0 spiro atoms. The molecule has 142 valence electrons. The molecule has 0 bridgehead atoms. The normalized spacial score (nSPS) is 13.9. The number of esters is 1. The SMILES string of the molecule is O=C(CNC(=O)c1cccs1)OCC(=O)N1CCN(c2ccccc2)CC1. The van der Waals surface area contributed by atoms with Crippen molar-refractivity contribution in [3.8, 4) is 0 Å². The van der Waals surface area contributed by atoms with E-state index in [1.54, 1.807) is 22.4 Å². The number of piperazine rings is 1. The Morgan fingerprint density at radius 3 is 2.41 bits per heavy atom. The van der Waals surface area contributed by atoms with Crippen LogP contribution >= 0.6 is 11.3 Å². The fraction of sp³-hybridized carbons (Fsp3) is 0.316. The number of nitrogens with one attached hydrogen (secondary N) is 1. The van der Waals surface area contributed by atoms with Gasteiger partial charge in [-0.3, -0.25) is 14.4 Å². The van der Waals surface area contributed by atoms with E-state index in [4.69, 9.17) is 4.74 Å². The highest BCUT2D eigenvalue weighted by molar-refractivity contribution is 7.12. The van der Waals surface area contributed by atoms with E-state index in [1.165, 1.54) is 11.3 Å². The summed E-state index contributed by atoms with van der Waals surface area (Å²) in [6.45, 7) is 2.08. The van der Waals surface area contributed by atoms with Gasteiger partial charge in [-0.25, -0.2) is 0 Å². The summed E-state index contributed by atoms with van der Waals surface area (Å²) in [5.74, 6) is -1.18. The molecule has 0 unspecified atom stereocenters. The summed E-state index contributed by atoms with van der Waals surface area (Å²) in [7, 11) is 0. The Morgan fingerprint density at radius 1 is 1.00 bits per heavy atom. The van der Waals surface area contributed by atoms with Crippen LogP contribution in [0.25, 0.3) is 0 Å². The minimum atomic E-state index is -0.629. The molecule has 1 aromatic heterocycles. The lowest BCUT2D eigenvalue weighted by atomic mass is 10.2. The van der Waals surface area contributed by atoms with Gasteiger partial charge in [0.2, 0.25) is 0 Å². The molecule has 1 fully saturated rings. The molecule has 0 atom stereocenters. The lowest BCUT2D eigenvalue weighted by Gasteiger charge is -2.36. The van der Waals surface area contributed by atoms with Crippen LogP contribution in [0.2, 0.25) is 0 Å². The number of benzene rings is 1. The first-order valence-corrected chi connectivity index (χ1v) is 9.56. The monoisotopic (exact) mass is 387 g/mol. The highest BCUT2D eigenvalue weighted by Gasteiger charge is 2.22. The third-order valence-corrected chi connectivity index (χ3v) is 5.12. The first-order chi connectivity index (χ1) is 13.1. The number of carbonyl (C=O) groups is 3. The molecule has 1 aliphatic rings. The summed E-state index contributed by atoms with van der Waals surface area (Å²) in [5, 5.41) is 4.26. The van der Waals surface area contributed by atoms with Crippen molar-refractivity contribution in [2.24, 2.45) is 0 Å².